The third-order valence-corrected chi connectivity index (χ3v) is 7.57. The van der Waals surface area contributed by atoms with Gasteiger partial charge >= 0.3 is 0 Å². The molecule has 4 nitrogen and oxygen atoms in total. The third kappa shape index (κ3) is 4.92. The maximum absolute atomic E-state index is 12.1. The molecule has 1 N–H and O–H groups in total. The zero-order chi connectivity index (χ0) is 20.2. The lowest BCUT2D eigenvalue weighted by Gasteiger charge is -2.39. The van der Waals surface area contributed by atoms with E-state index in [1.54, 1.807) is 18.2 Å². The maximum Gasteiger partial charge on any atom is 0.134 e. The van der Waals surface area contributed by atoms with Crippen LogP contribution in [0.25, 0.3) is 0 Å². The first-order valence-corrected chi connectivity index (χ1v) is 12.9. The van der Waals surface area contributed by atoms with Crippen LogP contribution in [0.2, 0.25) is 0 Å². The molecule has 6 heteroatoms. The number of piperidine rings is 1. The Hall–Kier alpha value is -1.66. The van der Waals surface area contributed by atoms with Crippen molar-refractivity contribution in [3.8, 4) is 5.75 Å². The van der Waals surface area contributed by atoms with Gasteiger partial charge in [-0.15, -0.1) is 0 Å². The molecule has 0 radical (unpaired) electrons. The third-order valence-electron chi connectivity index (χ3n) is 5.80. The van der Waals surface area contributed by atoms with Crippen LogP contribution in [0.1, 0.15) is 44.1 Å². The molecular weight excluding hydrogens is 400 g/mol. The summed E-state index contributed by atoms with van der Waals surface area (Å²) in [4.78, 5) is 4.52. The number of hydrogen-bond acceptors (Lipinski definition) is 5. The smallest absolute Gasteiger partial charge is 0.134 e. The minimum atomic E-state index is -1.00. The van der Waals surface area contributed by atoms with Gasteiger partial charge in [0.05, 0.1) is 22.9 Å². The predicted octanol–water partition coefficient (Wildman–Crippen LogP) is 5.77. The Morgan fingerprint density at radius 3 is 2.76 bits per heavy atom. The van der Waals surface area contributed by atoms with Crippen LogP contribution in [0.3, 0.4) is 0 Å². The highest BCUT2D eigenvalue weighted by atomic mass is 32.2. The van der Waals surface area contributed by atoms with Crippen molar-refractivity contribution in [1.82, 2.24) is 0 Å². The van der Waals surface area contributed by atoms with Crippen molar-refractivity contribution in [2.45, 2.75) is 61.3 Å². The topological polar surface area (TPSA) is 41.6 Å². The molecule has 4 rings (SSSR count). The molecule has 0 bridgehead atoms. The van der Waals surface area contributed by atoms with Crippen LogP contribution in [0, 0.1) is 6.92 Å². The summed E-state index contributed by atoms with van der Waals surface area (Å²) in [6.07, 6.45) is 8.97. The zero-order valence-corrected chi connectivity index (χ0v) is 18.9. The number of benzene rings is 2. The normalized spacial score (nSPS) is 21.0. The van der Waals surface area contributed by atoms with E-state index in [0.29, 0.717) is 6.04 Å². The number of aryl methyl sites for hydroxylation is 1. The fraction of sp³-hybridized carbons (Fsp3) is 0.478. The van der Waals surface area contributed by atoms with E-state index >= 15 is 0 Å². The Kier molecular flexibility index (Phi) is 6.70. The average molecular weight is 431 g/mol. The summed E-state index contributed by atoms with van der Waals surface area (Å²) >= 11 is 1.58. The number of rotatable bonds is 1. The van der Waals surface area contributed by atoms with Gasteiger partial charge in [-0.05, 0) is 93.3 Å². The van der Waals surface area contributed by atoms with E-state index in [4.69, 9.17) is 4.74 Å². The first kappa shape index (κ1) is 20.6. The van der Waals surface area contributed by atoms with Crippen LogP contribution in [0.4, 0.5) is 11.4 Å². The SMILES string of the molecule is Cc1ccc2c(c1)SNc1cc(S(C)=O)ccc1N1CCCCC1CCCCO2. The second-order valence-electron chi connectivity index (χ2n) is 7.97. The van der Waals surface area contributed by atoms with Crippen molar-refractivity contribution in [2.24, 2.45) is 0 Å². The first-order chi connectivity index (χ1) is 14.1. The molecule has 2 aromatic carbocycles. The summed E-state index contributed by atoms with van der Waals surface area (Å²) < 4.78 is 21.8. The lowest BCUT2D eigenvalue weighted by Crippen LogP contribution is -2.39. The molecule has 1 fully saturated rings. The summed E-state index contributed by atoms with van der Waals surface area (Å²) in [5, 5.41) is 0. The van der Waals surface area contributed by atoms with Gasteiger partial charge in [0, 0.05) is 34.5 Å². The highest BCUT2D eigenvalue weighted by molar-refractivity contribution is 8.00. The lowest BCUT2D eigenvalue weighted by atomic mass is 9.96. The van der Waals surface area contributed by atoms with Crippen molar-refractivity contribution in [2.75, 3.05) is 29.0 Å². The molecule has 0 saturated carbocycles. The van der Waals surface area contributed by atoms with Gasteiger partial charge < -0.3 is 14.4 Å². The minimum absolute atomic E-state index is 0.567. The number of nitrogens with one attached hydrogen (secondary N) is 1. The quantitative estimate of drug-likeness (QED) is 0.582. The van der Waals surface area contributed by atoms with Crippen molar-refractivity contribution in [3.05, 3.63) is 42.0 Å². The average Bonchev–Trinajstić information content (AvgIpc) is 2.74. The van der Waals surface area contributed by atoms with Crippen LogP contribution in [-0.2, 0) is 10.8 Å². The van der Waals surface area contributed by atoms with Crippen LogP contribution in [0.5, 0.6) is 5.75 Å². The number of anilines is 2. The number of fused-ring (bicyclic) bond motifs is 4. The molecule has 2 heterocycles. The minimum Gasteiger partial charge on any atom is -0.492 e. The zero-order valence-electron chi connectivity index (χ0n) is 17.3. The summed E-state index contributed by atoms with van der Waals surface area (Å²) in [6.45, 7) is 3.95. The monoisotopic (exact) mass is 430 g/mol. The van der Waals surface area contributed by atoms with Crippen LogP contribution in [0.15, 0.2) is 46.2 Å². The Bertz CT molecular complexity index is 887. The van der Waals surface area contributed by atoms with Crippen molar-refractivity contribution in [3.63, 3.8) is 0 Å². The largest absolute Gasteiger partial charge is 0.492 e. The van der Waals surface area contributed by atoms with E-state index in [1.165, 1.54) is 43.4 Å². The van der Waals surface area contributed by atoms with E-state index in [2.05, 4.69) is 46.9 Å². The van der Waals surface area contributed by atoms with Gasteiger partial charge in [-0.3, -0.25) is 4.21 Å². The maximum atomic E-state index is 12.1. The second-order valence-corrected chi connectivity index (χ2v) is 10.2. The highest BCUT2D eigenvalue weighted by Crippen LogP contribution is 2.39. The molecule has 2 aliphatic rings. The van der Waals surface area contributed by atoms with Gasteiger partial charge in [0.15, 0.2) is 0 Å². The Morgan fingerprint density at radius 2 is 1.93 bits per heavy atom. The summed E-state index contributed by atoms with van der Waals surface area (Å²) in [6, 6.07) is 13.1. The molecule has 2 atom stereocenters. The number of nitrogens with zero attached hydrogens (tertiary/aromatic N) is 1. The molecule has 2 unspecified atom stereocenters. The molecule has 0 aliphatic carbocycles. The standard InChI is InChI=1S/C23H30N2O2S2/c1-17-9-12-22-23(15-17)28-24-20-16-19(29(2)26)10-11-21(20)25-13-5-3-7-18(25)8-4-6-14-27-22/h9-12,15-16,18,24H,3-8,13-14H2,1-2H3. The van der Waals surface area contributed by atoms with E-state index in [1.807, 2.05) is 6.07 Å². The molecule has 156 valence electrons. The summed E-state index contributed by atoms with van der Waals surface area (Å²) in [5.41, 5.74) is 3.48. The molecule has 1 saturated heterocycles. The van der Waals surface area contributed by atoms with Gasteiger partial charge in [0.1, 0.15) is 5.75 Å². The molecule has 2 aliphatic heterocycles. The van der Waals surface area contributed by atoms with Crippen molar-refractivity contribution < 1.29 is 8.95 Å². The van der Waals surface area contributed by atoms with Gasteiger partial charge in [-0.2, -0.15) is 0 Å². The number of hydrogen-bond donors (Lipinski definition) is 1. The molecule has 29 heavy (non-hydrogen) atoms. The fourth-order valence-corrected chi connectivity index (χ4v) is 5.63. The predicted molar refractivity (Wildman–Crippen MR) is 124 cm³/mol. The van der Waals surface area contributed by atoms with Crippen LogP contribution in [-0.4, -0.2) is 29.7 Å². The van der Waals surface area contributed by atoms with E-state index in [-0.39, 0.29) is 0 Å². The van der Waals surface area contributed by atoms with Crippen molar-refractivity contribution >= 4 is 34.1 Å². The Balaban J connectivity index is 1.73. The first-order valence-electron chi connectivity index (χ1n) is 10.5. The van der Waals surface area contributed by atoms with Gasteiger partial charge in [-0.1, -0.05) is 6.07 Å². The summed E-state index contributed by atoms with van der Waals surface area (Å²) in [7, 11) is -1.00. The van der Waals surface area contributed by atoms with Crippen LogP contribution < -0.4 is 14.4 Å². The second kappa shape index (κ2) is 9.43. The van der Waals surface area contributed by atoms with E-state index in [9.17, 15) is 4.21 Å². The summed E-state index contributed by atoms with van der Waals surface area (Å²) in [5.74, 6) is 0.932. The molecule has 2 aromatic rings. The Morgan fingerprint density at radius 1 is 1.10 bits per heavy atom. The van der Waals surface area contributed by atoms with E-state index in [0.717, 1.165) is 40.8 Å². The molecule has 0 aromatic heterocycles. The highest BCUT2D eigenvalue weighted by Gasteiger charge is 2.25. The van der Waals surface area contributed by atoms with Gasteiger partial charge in [-0.25, -0.2) is 0 Å². The van der Waals surface area contributed by atoms with Crippen molar-refractivity contribution in [1.29, 1.82) is 0 Å². The molecular formula is C23H30N2O2S2. The van der Waals surface area contributed by atoms with Gasteiger partial charge in [0.2, 0.25) is 0 Å². The molecule has 0 spiro atoms. The van der Waals surface area contributed by atoms with Gasteiger partial charge in [0.25, 0.3) is 0 Å². The number of ether oxygens (including phenoxy) is 1. The van der Waals surface area contributed by atoms with Crippen LogP contribution >= 0.6 is 11.9 Å². The van der Waals surface area contributed by atoms with E-state index < -0.39 is 10.8 Å². The fourth-order valence-electron chi connectivity index (χ4n) is 4.23. The molecule has 0 amide bonds. The lowest BCUT2D eigenvalue weighted by molar-refractivity contribution is 0.293. The Labute approximate surface area is 181 Å².